The Labute approximate surface area is 112 Å². The zero-order valence-electron chi connectivity index (χ0n) is 10.6. The molecule has 2 nitrogen and oxygen atoms in total. The van der Waals surface area contributed by atoms with Crippen molar-refractivity contribution in [2.75, 3.05) is 6.61 Å². The molecule has 0 spiro atoms. The largest absolute Gasteiger partial charge is 0.493 e. The lowest BCUT2D eigenvalue weighted by molar-refractivity contribution is 0.200. The summed E-state index contributed by atoms with van der Waals surface area (Å²) in [5.41, 5.74) is 8.42. The van der Waals surface area contributed by atoms with Crippen molar-refractivity contribution in [3.63, 3.8) is 0 Å². The molecule has 0 saturated heterocycles. The molecule has 1 aliphatic heterocycles. The van der Waals surface area contributed by atoms with E-state index in [1.54, 1.807) is 12.1 Å². The van der Waals surface area contributed by atoms with Crippen molar-refractivity contribution in [1.29, 1.82) is 0 Å². The molecule has 3 heteroatoms. The summed E-state index contributed by atoms with van der Waals surface area (Å²) in [5, 5.41) is 0. The number of hydrogen-bond donors (Lipinski definition) is 1. The van der Waals surface area contributed by atoms with Crippen molar-refractivity contribution in [2.45, 2.75) is 12.5 Å². The second-order valence-electron chi connectivity index (χ2n) is 4.96. The van der Waals surface area contributed by atoms with Gasteiger partial charge in [-0.2, -0.15) is 0 Å². The van der Waals surface area contributed by atoms with Gasteiger partial charge in [0.05, 0.1) is 6.61 Å². The summed E-state index contributed by atoms with van der Waals surface area (Å²) in [7, 11) is 0. The summed E-state index contributed by atoms with van der Waals surface area (Å²) < 4.78 is 18.7. The molecule has 0 bridgehead atoms. The van der Waals surface area contributed by atoms with E-state index in [2.05, 4.69) is 6.07 Å². The zero-order chi connectivity index (χ0) is 13.2. The fourth-order valence-corrected chi connectivity index (χ4v) is 2.54. The Hall–Kier alpha value is -1.87. The molecule has 3 rings (SSSR count). The van der Waals surface area contributed by atoms with E-state index in [9.17, 15) is 4.39 Å². The molecular formula is C16H16FNO. The van der Waals surface area contributed by atoms with Gasteiger partial charge in [-0.3, -0.25) is 0 Å². The third-order valence-electron chi connectivity index (χ3n) is 3.67. The maximum Gasteiger partial charge on any atom is 0.123 e. The number of para-hydroxylation sites is 1. The Kier molecular flexibility index (Phi) is 3.22. The van der Waals surface area contributed by atoms with Crippen LogP contribution >= 0.6 is 0 Å². The number of nitrogens with two attached hydrogens (primary N) is 1. The summed E-state index contributed by atoms with van der Waals surface area (Å²) in [6.07, 6.45) is 0.898. The topological polar surface area (TPSA) is 35.2 Å². The molecule has 2 atom stereocenters. The Morgan fingerprint density at radius 1 is 1.11 bits per heavy atom. The van der Waals surface area contributed by atoms with Crippen LogP contribution < -0.4 is 10.5 Å². The van der Waals surface area contributed by atoms with Gasteiger partial charge >= 0.3 is 0 Å². The quantitative estimate of drug-likeness (QED) is 0.897. The monoisotopic (exact) mass is 257 g/mol. The third kappa shape index (κ3) is 2.47. The molecule has 0 radical (unpaired) electrons. The highest BCUT2D eigenvalue weighted by atomic mass is 19.1. The first kappa shape index (κ1) is 12.2. The molecule has 98 valence electrons. The van der Waals surface area contributed by atoms with Crippen LogP contribution in [0, 0.1) is 11.7 Å². The summed E-state index contributed by atoms with van der Waals surface area (Å²) in [5.74, 6) is 0.937. The van der Waals surface area contributed by atoms with Crippen molar-refractivity contribution in [3.05, 3.63) is 65.5 Å². The molecule has 2 aromatic rings. The van der Waals surface area contributed by atoms with Gasteiger partial charge in [-0.25, -0.2) is 4.39 Å². The van der Waals surface area contributed by atoms with Crippen LogP contribution in [0.1, 0.15) is 17.2 Å². The predicted molar refractivity (Wildman–Crippen MR) is 72.5 cm³/mol. The van der Waals surface area contributed by atoms with Crippen LogP contribution in [0.15, 0.2) is 48.5 Å². The summed E-state index contributed by atoms with van der Waals surface area (Å²) in [4.78, 5) is 0. The van der Waals surface area contributed by atoms with E-state index in [4.69, 9.17) is 10.5 Å². The second kappa shape index (κ2) is 5.02. The van der Waals surface area contributed by atoms with Gasteiger partial charge in [0.15, 0.2) is 0 Å². The smallest absolute Gasteiger partial charge is 0.123 e. The van der Waals surface area contributed by atoms with Crippen molar-refractivity contribution in [1.82, 2.24) is 0 Å². The van der Waals surface area contributed by atoms with Crippen molar-refractivity contribution in [3.8, 4) is 5.75 Å². The summed E-state index contributed by atoms with van der Waals surface area (Å²) in [6.45, 7) is 0.607. The van der Waals surface area contributed by atoms with Gasteiger partial charge in [-0.05, 0) is 35.7 Å². The van der Waals surface area contributed by atoms with Gasteiger partial charge in [0, 0.05) is 12.0 Å². The SMILES string of the molecule is NC(c1ccc(F)cc1)C1COc2ccccc2C1. The summed E-state index contributed by atoms with van der Waals surface area (Å²) >= 11 is 0. The maximum atomic E-state index is 12.9. The molecule has 0 fully saturated rings. The molecule has 0 aliphatic carbocycles. The van der Waals surface area contributed by atoms with E-state index in [0.29, 0.717) is 6.61 Å². The number of fused-ring (bicyclic) bond motifs is 1. The van der Waals surface area contributed by atoms with Crippen LogP contribution in [0.25, 0.3) is 0 Å². The highest BCUT2D eigenvalue weighted by Crippen LogP contribution is 2.32. The molecule has 0 amide bonds. The van der Waals surface area contributed by atoms with E-state index >= 15 is 0 Å². The molecule has 1 heterocycles. The van der Waals surface area contributed by atoms with Gasteiger partial charge in [0.25, 0.3) is 0 Å². The van der Waals surface area contributed by atoms with Crippen molar-refractivity contribution < 1.29 is 9.13 Å². The Bertz CT molecular complexity index is 567. The first-order valence-corrected chi connectivity index (χ1v) is 6.46. The maximum absolute atomic E-state index is 12.9. The minimum Gasteiger partial charge on any atom is -0.493 e. The lowest BCUT2D eigenvalue weighted by Crippen LogP contribution is -2.31. The van der Waals surface area contributed by atoms with E-state index < -0.39 is 0 Å². The number of halogens is 1. The fraction of sp³-hybridized carbons (Fsp3) is 0.250. The van der Waals surface area contributed by atoms with E-state index in [1.807, 2.05) is 18.2 Å². The molecule has 2 N–H and O–H groups in total. The van der Waals surface area contributed by atoms with Gasteiger partial charge in [0.1, 0.15) is 11.6 Å². The summed E-state index contributed by atoms with van der Waals surface area (Å²) in [6, 6.07) is 14.3. The zero-order valence-corrected chi connectivity index (χ0v) is 10.6. The predicted octanol–water partition coefficient (Wildman–Crippen LogP) is 3.08. The van der Waals surface area contributed by atoms with Crippen molar-refractivity contribution >= 4 is 0 Å². The minimum absolute atomic E-state index is 0.131. The fourth-order valence-electron chi connectivity index (χ4n) is 2.54. The highest BCUT2D eigenvalue weighted by molar-refractivity contribution is 5.36. The minimum atomic E-state index is -0.235. The van der Waals surface area contributed by atoms with Gasteiger partial charge in [-0.15, -0.1) is 0 Å². The molecule has 0 aromatic heterocycles. The number of benzene rings is 2. The second-order valence-corrected chi connectivity index (χ2v) is 4.96. The molecule has 2 aromatic carbocycles. The number of hydrogen-bond acceptors (Lipinski definition) is 2. The van der Waals surface area contributed by atoms with Crippen LogP contribution in [0.3, 0.4) is 0 Å². The standard InChI is InChI=1S/C16H16FNO/c17-14-7-5-11(6-8-14)16(18)13-9-12-3-1-2-4-15(12)19-10-13/h1-8,13,16H,9-10,18H2. The lowest BCUT2D eigenvalue weighted by Gasteiger charge is -2.29. The average Bonchev–Trinajstić information content (AvgIpc) is 2.47. The van der Waals surface area contributed by atoms with Gasteiger partial charge < -0.3 is 10.5 Å². The molecule has 19 heavy (non-hydrogen) atoms. The first-order valence-electron chi connectivity index (χ1n) is 6.46. The van der Waals surface area contributed by atoms with Crippen LogP contribution in [0.4, 0.5) is 4.39 Å². The molecule has 0 saturated carbocycles. The molecule has 2 unspecified atom stereocenters. The Morgan fingerprint density at radius 2 is 1.84 bits per heavy atom. The van der Waals surface area contributed by atoms with E-state index in [0.717, 1.165) is 17.7 Å². The van der Waals surface area contributed by atoms with Gasteiger partial charge in [-0.1, -0.05) is 30.3 Å². The Balaban J connectivity index is 1.79. The Morgan fingerprint density at radius 3 is 2.63 bits per heavy atom. The first-order chi connectivity index (χ1) is 9.24. The highest BCUT2D eigenvalue weighted by Gasteiger charge is 2.25. The molecular weight excluding hydrogens is 241 g/mol. The van der Waals surface area contributed by atoms with Crippen molar-refractivity contribution in [2.24, 2.45) is 11.7 Å². The van der Waals surface area contributed by atoms with Gasteiger partial charge in [0.2, 0.25) is 0 Å². The lowest BCUT2D eigenvalue weighted by atomic mass is 9.87. The van der Waals surface area contributed by atoms with Crippen LogP contribution in [-0.2, 0) is 6.42 Å². The number of rotatable bonds is 2. The number of ether oxygens (including phenoxy) is 1. The van der Waals surface area contributed by atoms with E-state index in [-0.39, 0.29) is 17.8 Å². The average molecular weight is 257 g/mol. The van der Waals surface area contributed by atoms with E-state index in [1.165, 1.54) is 17.7 Å². The molecule has 1 aliphatic rings. The van der Waals surface area contributed by atoms with Crippen LogP contribution in [-0.4, -0.2) is 6.61 Å². The normalized spacial score (nSPS) is 19.4. The third-order valence-corrected chi connectivity index (χ3v) is 3.67. The van der Waals surface area contributed by atoms with Crippen LogP contribution in [0.5, 0.6) is 5.75 Å². The van der Waals surface area contributed by atoms with Crippen LogP contribution in [0.2, 0.25) is 0 Å².